The lowest BCUT2D eigenvalue weighted by atomic mass is 10.1. The summed E-state index contributed by atoms with van der Waals surface area (Å²) in [6, 6.07) is 7.46. The van der Waals surface area contributed by atoms with E-state index >= 15 is 0 Å². The van der Waals surface area contributed by atoms with Gasteiger partial charge in [-0.3, -0.25) is 9.59 Å². The molecule has 2 heterocycles. The van der Waals surface area contributed by atoms with Gasteiger partial charge in [0, 0.05) is 37.0 Å². The number of pyridine rings is 1. The molecule has 0 fully saturated rings. The zero-order chi connectivity index (χ0) is 18.8. The van der Waals surface area contributed by atoms with Crippen molar-refractivity contribution in [3.63, 3.8) is 0 Å². The second-order valence-corrected chi connectivity index (χ2v) is 6.52. The van der Waals surface area contributed by atoms with E-state index in [9.17, 15) is 9.59 Å². The topological polar surface area (TPSA) is 66.1 Å². The molecule has 1 unspecified atom stereocenters. The largest absolute Gasteiger partial charge is 0.383 e. The smallest absolute Gasteiger partial charge is 0.253 e. The Hall–Kier alpha value is -2.73. The number of rotatable bonds is 6. The highest BCUT2D eigenvalue weighted by Gasteiger charge is 2.20. The number of methoxy groups -OCH3 is 1. The molecule has 0 aliphatic carbocycles. The average Bonchev–Trinajstić information content (AvgIpc) is 3.02. The van der Waals surface area contributed by atoms with Crippen LogP contribution in [0.4, 0.5) is 0 Å². The molecule has 0 radical (unpaired) electrons. The van der Waals surface area contributed by atoms with Gasteiger partial charge in [0.25, 0.3) is 5.56 Å². The van der Waals surface area contributed by atoms with Gasteiger partial charge in [-0.15, -0.1) is 0 Å². The Morgan fingerprint density at radius 3 is 2.69 bits per heavy atom. The molecule has 3 aromatic rings. The van der Waals surface area contributed by atoms with Gasteiger partial charge in [-0.2, -0.15) is 0 Å². The molecule has 2 aromatic heterocycles. The van der Waals surface area contributed by atoms with Gasteiger partial charge in [0.2, 0.25) is 0 Å². The lowest BCUT2D eigenvalue weighted by Gasteiger charge is -2.20. The minimum Gasteiger partial charge on any atom is -0.383 e. The van der Waals surface area contributed by atoms with Crippen LogP contribution in [-0.4, -0.2) is 34.1 Å². The molecule has 6 nitrogen and oxygen atoms in total. The Morgan fingerprint density at radius 1 is 1.31 bits per heavy atom. The van der Waals surface area contributed by atoms with Crippen LogP contribution in [0, 0.1) is 6.92 Å². The summed E-state index contributed by atoms with van der Waals surface area (Å²) in [6.07, 6.45) is 3.49. The minimum atomic E-state index is -0.0245. The molecule has 136 valence electrons. The molecule has 1 atom stereocenters. The fourth-order valence-corrected chi connectivity index (χ4v) is 3.33. The fourth-order valence-electron chi connectivity index (χ4n) is 3.33. The number of aldehydes is 1. The van der Waals surface area contributed by atoms with E-state index in [0.29, 0.717) is 17.7 Å². The van der Waals surface area contributed by atoms with E-state index in [1.54, 1.807) is 44.0 Å². The first-order chi connectivity index (χ1) is 12.5. The van der Waals surface area contributed by atoms with Crippen molar-refractivity contribution in [1.29, 1.82) is 0 Å². The SMILES string of the molecule is CCC(COC)n1c(-c2cc(C)c(=O)n(C)c2)nc2cc(C=O)ccc21. The first-order valence-electron chi connectivity index (χ1n) is 8.63. The number of carbonyl (C=O) groups is 1. The molecule has 0 N–H and O–H groups in total. The van der Waals surface area contributed by atoms with E-state index in [1.807, 2.05) is 12.1 Å². The highest BCUT2D eigenvalue weighted by atomic mass is 16.5. The quantitative estimate of drug-likeness (QED) is 0.639. The van der Waals surface area contributed by atoms with Gasteiger partial charge in [0.05, 0.1) is 23.7 Å². The van der Waals surface area contributed by atoms with Crippen LogP contribution in [0.1, 0.15) is 35.3 Å². The highest BCUT2D eigenvalue weighted by molar-refractivity contribution is 5.87. The van der Waals surface area contributed by atoms with Gasteiger partial charge in [-0.25, -0.2) is 4.98 Å². The normalized spacial score (nSPS) is 12.5. The lowest BCUT2D eigenvalue weighted by Crippen LogP contribution is -2.20. The van der Waals surface area contributed by atoms with Crippen LogP contribution in [-0.2, 0) is 11.8 Å². The molecular formula is C20H23N3O3. The maximum atomic E-state index is 12.1. The Balaban J connectivity index is 2.32. The van der Waals surface area contributed by atoms with Crippen molar-refractivity contribution >= 4 is 17.3 Å². The van der Waals surface area contributed by atoms with E-state index in [-0.39, 0.29) is 11.6 Å². The summed E-state index contributed by atoms with van der Waals surface area (Å²) in [5.41, 5.74) is 3.79. The Labute approximate surface area is 152 Å². The van der Waals surface area contributed by atoms with Gasteiger partial charge in [-0.05, 0) is 37.6 Å². The summed E-state index contributed by atoms with van der Waals surface area (Å²) in [5.74, 6) is 0.769. The number of fused-ring (bicyclic) bond motifs is 1. The first kappa shape index (κ1) is 18.1. The minimum absolute atomic E-state index is 0.0245. The number of hydrogen-bond donors (Lipinski definition) is 0. The van der Waals surface area contributed by atoms with Crippen molar-refractivity contribution < 1.29 is 9.53 Å². The van der Waals surface area contributed by atoms with Gasteiger partial charge in [-0.1, -0.05) is 6.92 Å². The summed E-state index contributed by atoms with van der Waals surface area (Å²) >= 11 is 0. The predicted molar refractivity (Wildman–Crippen MR) is 102 cm³/mol. The summed E-state index contributed by atoms with van der Waals surface area (Å²) in [4.78, 5) is 28.0. The molecule has 1 aromatic carbocycles. The molecule has 0 spiro atoms. The standard InChI is InChI=1S/C20H23N3O3/c1-5-16(12-26-4)23-18-7-6-14(11-24)9-17(18)21-19(23)15-8-13(2)20(25)22(3)10-15/h6-11,16H,5,12H2,1-4H3. The van der Waals surface area contributed by atoms with Gasteiger partial charge in [0.15, 0.2) is 0 Å². The van der Waals surface area contributed by atoms with E-state index in [1.165, 1.54) is 0 Å². The fraction of sp³-hybridized carbons (Fsp3) is 0.350. The molecule has 26 heavy (non-hydrogen) atoms. The zero-order valence-electron chi connectivity index (χ0n) is 15.5. The summed E-state index contributed by atoms with van der Waals surface area (Å²) in [5, 5.41) is 0. The van der Waals surface area contributed by atoms with Crippen LogP contribution in [0.2, 0.25) is 0 Å². The third-order valence-electron chi connectivity index (χ3n) is 4.67. The predicted octanol–water partition coefficient (Wildman–Crippen LogP) is 3.12. The third-order valence-corrected chi connectivity index (χ3v) is 4.67. The lowest BCUT2D eigenvalue weighted by molar-refractivity contribution is 0.112. The summed E-state index contributed by atoms with van der Waals surface area (Å²) in [7, 11) is 3.42. The second kappa shape index (κ2) is 7.25. The molecule has 0 bridgehead atoms. The molecule has 0 aliphatic rings. The monoisotopic (exact) mass is 353 g/mol. The maximum absolute atomic E-state index is 12.1. The third kappa shape index (κ3) is 3.08. The zero-order valence-corrected chi connectivity index (χ0v) is 15.5. The highest BCUT2D eigenvalue weighted by Crippen LogP contribution is 2.30. The van der Waals surface area contributed by atoms with Crippen LogP contribution < -0.4 is 5.56 Å². The molecule has 6 heteroatoms. The van der Waals surface area contributed by atoms with Crippen LogP contribution in [0.25, 0.3) is 22.4 Å². The number of carbonyl (C=O) groups excluding carboxylic acids is 1. The first-order valence-corrected chi connectivity index (χ1v) is 8.63. The van der Waals surface area contributed by atoms with Crippen molar-refractivity contribution in [3.8, 4) is 11.4 Å². The number of imidazole rings is 1. The van der Waals surface area contributed by atoms with Crippen molar-refractivity contribution in [2.75, 3.05) is 13.7 Å². The molecule has 0 aliphatic heterocycles. The van der Waals surface area contributed by atoms with E-state index in [4.69, 9.17) is 9.72 Å². The van der Waals surface area contributed by atoms with Crippen LogP contribution in [0.15, 0.2) is 35.3 Å². The van der Waals surface area contributed by atoms with E-state index in [2.05, 4.69) is 11.5 Å². The summed E-state index contributed by atoms with van der Waals surface area (Å²) in [6.45, 7) is 4.45. The number of nitrogens with zero attached hydrogens (tertiary/aromatic N) is 3. The Morgan fingerprint density at radius 2 is 2.08 bits per heavy atom. The average molecular weight is 353 g/mol. The molecule has 3 rings (SSSR count). The van der Waals surface area contributed by atoms with Gasteiger partial charge < -0.3 is 13.9 Å². The molecular weight excluding hydrogens is 330 g/mol. The van der Waals surface area contributed by atoms with Gasteiger partial charge in [0.1, 0.15) is 12.1 Å². The number of hydrogen-bond acceptors (Lipinski definition) is 4. The van der Waals surface area contributed by atoms with Gasteiger partial charge >= 0.3 is 0 Å². The van der Waals surface area contributed by atoms with E-state index in [0.717, 1.165) is 35.1 Å². The number of benzene rings is 1. The van der Waals surface area contributed by atoms with Crippen LogP contribution >= 0.6 is 0 Å². The van der Waals surface area contributed by atoms with E-state index < -0.39 is 0 Å². The number of ether oxygens (including phenoxy) is 1. The second-order valence-electron chi connectivity index (χ2n) is 6.52. The maximum Gasteiger partial charge on any atom is 0.253 e. The number of aryl methyl sites for hydroxylation is 2. The van der Waals surface area contributed by atoms with Crippen molar-refractivity contribution in [1.82, 2.24) is 14.1 Å². The summed E-state index contributed by atoms with van der Waals surface area (Å²) < 4.78 is 9.13. The van der Waals surface area contributed by atoms with Crippen LogP contribution in [0.3, 0.4) is 0 Å². The number of aromatic nitrogens is 3. The molecule has 0 saturated heterocycles. The van der Waals surface area contributed by atoms with Crippen molar-refractivity contribution in [2.45, 2.75) is 26.3 Å². The molecule has 0 amide bonds. The van der Waals surface area contributed by atoms with Crippen molar-refractivity contribution in [2.24, 2.45) is 7.05 Å². The van der Waals surface area contributed by atoms with Crippen molar-refractivity contribution in [3.05, 3.63) is 51.9 Å². The Kier molecular flexibility index (Phi) is 5.04. The Bertz CT molecular complexity index is 991. The molecule has 0 saturated carbocycles. The van der Waals surface area contributed by atoms with Crippen LogP contribution in [0.5, 0.6) is 0 Å².